The van der Waals surface area contributed by atoms with Crippen molar-refractivity contribution in [1.82, 2.24) is 15.0 Å². The molecular weight excluding hydrogens is 400 g/mol. The van der Waals surface area contributed by atoms with Gasteiger partial charge in [-0.25, -0.2) is 13.2 Å². The quantitative estimate of drug-likeness (QED) is 0.717. The molecule has 2 aliphatic rings. The summed E-state index contributed by atoms with van der Waals surface area (Å²) in [6.45, 7) is 4.19. The van der Waals surface area contributed by atoms with Gasteiger partial charge in [-0.15, -0.1) is 0 Å². The van der Waals surface area contributed by atoms with Crippen LogP contribution in [0.15, 0.2) is 10.6 Å². The molecule has 162 valence electrons. The number of aliphatic hydroxyl groups excluding tert-OH is 1. The lowest BCUT2D eigenvalue weighted by Crippen LogP contribution is -2.56. The van der Waals surface area contributed by atoms with E-state index >= 15 is 0 Å². The van der Waals surface area contributed by atoms with Crippen LogP contribution in [0.1, 0.15) is 38.9 Å². The first-order chi connectivity index (χ1) is 13.6. The molecular formula is C18H28N4O6S. The summed E-state index contributed by atoms with van der Waals surface area (Å²) in [5.74, 6) is 0.219. The Kier molecular flexibility index (Phi) is 6.18. The van der Waals surface area contributed by atoms with E-state index in [0.29, 0.717) is 18.7 Å². The van der Waals surface area contributed by atoms with Crippen LogP contribution < -0.4 is 5.32 Å². The van der Waals surface area contributed by atoms with Crippen LogP contribution >= 0.6 is 0 Å². The molecule has 1 atom stereocenters. The number of carbonyl (C=O) groups excluding carboxylic acids is 2. The van der Waals surface area contributed by atoms with Crippen molar-refractivity contribution < 1.29 is 27.6 Å². The fourth-order valence-corrected chi connectivity index (χ4v) is 4.66. The Morgan fingerprint density at radius 2 is 1.97 bits per heavy atom. The van der Waals surface area contributed by atoms with Gasteiger partial charge in [-0.1, -0.05) is 19.0 Å². The van der Waals surface area contributed by atoms with Crippen molar-refractivity contribution in [2.24, 2.45) is 0 Å². The number of aromatic nitrogens is 1. The predicted octanol–water partition coefficient (Wildman–Crippen LogP) is 0.588. The normalized spacial score (nSPS) is 22.4. The smallest absolute Gasteiger partial charge is 0.320 e. The lowest BCUT2D eigenvalue weighted by Gasteiger charge is -2.39. The molecule has 0 radical (unpaired) electrons. The number of piperidine rings is 1. The number of aliphatic hydroxyl groups is 1. The molecule has 0 aliphatic carbocycles. The van der Waals surface area contributed by atoms with E-state index in [4.69, 9.17) is 4.52 Å². The van der Waals surface area contributed by atoms with E-state index in [1.807, 2.05) is 0 Å². The molecule has 2 saturated heterocycles. The molecule has 0 spiro atoms. The Labute approximate surface area is 170 Å². The first-order valence-corrected chi connectivity index (χ1v) is 11.6. The summed E-state index contributed by atoms with van der Waals surface area (Å²) in [6, 6.07) is 0.612. The first kappa shape index (κ1) is 21.6. The number of likely N-dealkylation sites (tertiary alicyclic amines) is 1. The summed E-state index contributed by atoms with van der Waals surface area (Å²) in [7, 11) is -3.09. The van der Waals surface area contributed by atoms with Crippen LogP contribution in [-0.4, -0.2) is 84.2 Å². The molecule has 10 nitrogen and oxygen atoms in total. The van der Waals surface area contributed by atoms with Crippen LogP contribution in [-0.2, 0) is 20.0 Å². The molecule has 0 saturated carbocycles. The number of hydrogen-bond acceptors (Lipinski definition) is 7. The Morgan fingerprint density at radius 1 is 1.28 bits per heavy atom. The van der Waals surface area contributed by atoms with E-state index in [2.05, 4.69) is 10.5 Å². The SMILES string of the molecule is CC(C)(CO)c1cc(NC(=O)[C@@H]2CCCCN2C(=O)N2CCS(=O)(=O)CC2)no1. The van der Waals surface area contributed by atoms with Gasteiger partial charge in [0.1, 0.15) is 11.8 Å². The highest BCUT2D eigenvalue weighted by Crippen LogP contribution is 2.26. The summed E-state index contributed by atoms with van der Waals surface area (Å²) < 4.78 is 28.5. The minimum absolute atomic E-state index is 0.0498. The third kappa shape index (κ3) is 4.89. The summed E-state index contributed by atoms with van der Waals surface area (Å²) in [6.07, 6.45) is 2.13. The van der Waals surface area contributed by atoms with Gasteiger partial charge in [0.25, 0.3) is 0 Å². The lowest BCUT2D eigenvalue weighted by atomic mass is 9.92. The van der Waals surface area contributed by atoms with Gasteiger partial charge in [-0.3, -0.25) is 4.79 Å². The summed E-state index contributed by atoms with van der Waals surface area (Å²) in [4.78, 5) is 28.8. The number of nitrogens with one attached hydrogen (secondary N) is 1. The Bertz CT molecular complexity index is 851. The number of carbonyl (C=O) groups is 2. The van der Waals surface area contributed by atoms with E-state index < -0.39 is 21.3 Å². The molecule has 2 aliphatic heterocycles. The number of nitrogens with zero attached hydrogens (tertiary/aromatic N) is 3. The van der Waals surface area contributed by atoms with Crippen molar-refractivity contribution in [3.63, 3.8) is 0 Å². The zero-order valence-corrected chi connectivity index (χ0v) is 17.6. The predicted molar refractivity (Wildman–Crippen MR) is 105 cm³/mol. The van der Waals surface area contributed by atoms with Crippen molar-refractivity contribution in [3.05, 3.63) is 11.8 Å². The third-order valence-electron chi connectivity index (χ3n) is 5.49. The topological polar surface area (TPSA) is 133 Å². The number of urea groups is 1. The number of rotatable bonds is 4. The second kappa shape index (κ2) is 8.31. The molecule has 0 bridgehead atoms. The van der Waals surface area contributed by atoms with Crippen LogP contribution in [0.2, 0.25) is 0 Å². The largest absolute Gasteiger partial charge is 0.395 e. The van der Waals surface area contributed by atoms with E-state index in [0.717, 1.165) is 12.8 Å². The average molecular weight is 429 g/mol. The molecule has 0 unspecified atom stereocenters. The highest BCUT2D eigenvalue weighted by atomic mass is 32.2. The number of hydrogen-bond donors (Lipinski definition) is 2. The van der Waals surface area contributed by atoms with Gasteiger partial charge in [-0.05, 0) is 19.3 Å². The van der Waals surface area contributed by atoms with E-state index in [-0.39, 0.29) is 49.0 Å². The minimum atomic E-state index is -3.09. The molecule has 2 N–H and O–H groups in total. The maximum absolute atomic E-state index is 12.9. The molecule has 0 aromatic carbocycles. The fourth-order valence-electron chi connectivity index (χ4n) is 3.46. The molecule has 1 aromatic heterocycles. The van der Waals surface area contributed by atoms with E-state index in [1.54, 1.807) is 19.9 Å². The summed E-state index contributed by atoms with van der Waals surface area (Å²) in [5, 5.41) is 16.0. The van der Waals surface area contributed by atoms with Crippen LogP contribution in [0.25, 0.3) is 0 Å². The van der Waals surface area contributed by atoms with Crippen molar-refractivity contribution in [2.75, 3.05) is 43.1 Å². The average Bonchev–Trinajstić information content (AvgIpc) is 3.17. The molecule has 11 heteroatoms. The van der Waals surface area contributed by atoms with E-state index in [9.17, 15) is 23.1 Å². The lowest BCUT2D eigenvalue weighted by molar-refractivity contribution is -0.121. The zero-order valence-electron chi connectivity index (χ0n) is 16.8. The van der Waals surface area contributed by atoms with Gasteiger partial charge in [0.15, 0.2) is 15.7 Å². The van der Waals surface area contributed by atoms with Gasteiger partial charge >= 0.3 is 6.03 Å². The number of anilines is 1. The van der Waals surface area contributed by atoms with Crippen LogP contribution in [0.4, 0.5) is 10.6 Å². The van der Waals surface area contributed by atoms with Gasteiger partial charge in [0, 0.05) is 31.1 Å². The van der Waals surface area contributed by atoms with Gasteiger partial charge in [-0.2, -0.15) is 0 Å². The maximum atomic E-state index is 12.9. The highest BCUT2D eigenvalue weighted by molar-refractivity contribution is 7.91. The van der Waals surface area contributed by atoms with Crippen molar-refractivity contribution in [2.45, 2.75) is 44.6 Å². The molecule has 3 amide bonds. The van der Waals surface area contributed by atoms with Crippen molar-refractivity contribution in [1.29, 1.82) is 0 Å². The Hall–Kier alpha value is -2.14. The standard InChI is InChI=1S/C18H28N4O6S/c1-18(2,12-23)14-11-15(20-28-14)19-16(24)13-5-3-4-6-22(13)17(25)21-7-9-29(26,27)10-8-21/h11,13,23H,3-10,12H2,1-2H3,(H,19,20,24)/t13-/m0/s1. The van der Waals surface area contributed by atoms with Crippen LogP contribution in [0.3, 0.4) is 0 Å². The van der Waals surface area contributed by atoms with Gasteiger partial charge in [0.2, 0.25) is 5.91 Å². The Balaban J connectivity index is 1.67. The molecule has 3 rings (SSSR count). The third-order valence-corrected chi connectivity index (χ3v) is 7.10. The summed E-state index contributed by atoms with van der Waals surface area (Å²) in [5.41, 5.74) is -0.628. The van der Waals surface area contributed by atoms with Crippen LogP contribution in [0, 0.1) is 0 Å². The molecule has 1 aromatic rings. The van der Waals surface area contributed by atoms with Gasteiger partial charge in [0.05, 0.1) is 18.1 Å². The fraction of sp³-hybridized carbons (Fsp3) is 0.722. The van der Waals surface area contributed by atoms with Crippen molar-refractivity contribution >= 4 is 27.6 Å². The second-order valence-electron chi connectivity index (χ2n) is 8.23. The van der Waals surface area contributed by atoms with Crippen molar-refractivity contribution in [3.8, 4) is 0 Å². The number of sulfone groups is 1. The van der Waals surface area contributed by atoms with Gasteiger partial charge < -0.3 is 24.7 Å². The Morgan fingerprint density at radius 3 is 2.62 bits per heavy atom. The van der Waals surface area contributed by atoms with E-state index in [1.165, 1.54) is 9.80 Å². The maximum Gasteiger partial charge on any atom is 0.320 e. The molecule has 29 heavy (non-hydrogen) atoms. The monoisotopic (exact) mass is 428 g/mol. The zero-order chi connectivity index (χ0) is 21.2. The van der Waals surface area contributed by atoms with Crippen LogP contribution in [0.5, 0.6) is 0 Å². The highest BCUT2D eigenvalue weighted by Gasteiger charge is 2.36. The first-order valence-electron chi connectivity index (χ1n) is 9.78. The molecule has 3 heterocycles. The summed E-state index contributed by atoms with van der Waals surface area (Å²) >= 11 is 0. The number of amides is 3. The molecule has 2 fully saturated rings. The minimum Gasteiger partial charge on any atom is -0.395 e. The second-order valence-corrected chi connectivity index (χ2v) is 10.5.